The van der Waals surface area contributed by atoms with E-state index in [1.54, 1.807) is 42.6 Å². The third-order valence-electron chi connectivity index (χ3n) is 4.70. The predicted octanol–water partition coefficient (Wildman–Crippen LogP) is 3.98. The highest BCUT2D eigenvalue weighted by Crippen LogP contribution is 2.14. The SMILES string of the molecule is CCN(CCCNC(=O)c1cccc(NC(=O)c2cccnc2)c1)c1ccccc1. The minimum Gasteiger partial charge on any atom is -0.372 e. The summed E-state index contributed by atoms with van der Waals surface area (Å²) in [6, 6.07) is 20.5. The number of hydrogen-bond acceptors (Lipinski definition) is 4. The van der Waals surface area contributed by atoms with Crippen LogP contribution in [0.2, 0.25) is 0 Å². The number of carbonyl (C=O) groups is 2. The lowest BCUT2D eigenvalue weighted by atomic mass is 10.1. The van der Waals surface area contributed by atoms with E-state index in [0.717, 1.165) is 19.5 Å². The molecular formula is C24H26N4O2. The Morgan fingerprint density at radius 3 is 2.47 bits per heavy atom. The summed E-state index contributed by atoms with van der Waals surface area (Å²) in [6.07, 6.45) is 3.95. The fraction of sp³-hybridized carbons (Fsp3) is 0.208. The molecule has 30 heavy (non-hydrogen) atoms. The lowest BCUT2D eigenvalue weighted by Gasteiger charge is -2.23. The maximum Gasteiger partial charge on any atom is 0.257 e. The van der Waals surface area contributed by atoms with Crippen molar-refractivity contribution in [3.8, 4) is 0 Å². The summed E-state index contributed by atoms with van der Waals surface area (Å²) in [5, 5.41) is 5.75. The summed E-state index contributed by atoms with van der Waals surface area (Å²) in [7, 11) is 0. The van der Waals surface area contributed by atoms with E-state index in [9.17, 15) is 9.59 Å². The van der Waals surface area contributed by atoms with E-state index in [1.165, 1.54) is 11.9 Å². The lowest BCUT2D eigenvalue weighted by Crippen LogP contribution is -2.30. The Kier molecular flexibility index (Phi) is 7.55. The van der Waals surface area contributed by atoms with Crippen molar-refractivity contribution in [2.24, 2.45) is 0 Å². The van der Waals surface area contributed by atoms with Crippen LogP contribution in [0.25, 0.3) is 0 Å². The highest BCUT2D eigenvalue weighted by Gasteiger charge is 2.10. The maximum absolute atomic E-state index is 12.5. The first-order chi connectivity index (χ1) is 14.7. The smallest absolute Gasteiger partial charge is 0.257 e. The van der Waals surface area contributed by atoms with Crippen LogP contribution in [-0.4, -0.2) is 36.4 Å². The van der Waals surface area contributed by atoms with Crippen molar-refractivity contribution in [3.63, 3.8) is 0 Å². The van der Waals surface area contributed by atoms with E-state index >= 15 is 0 Å². The van der Waals surface area contributed by atoms with Crippen molar-refractivity contribution in [1.29, 1.82) is 0 Å². The zero-order chi connectivity index (χ0) is 21.2. The molecule has 0 aliphatic rings. The number of carbonyl (C=O) groups excluding carboxylic acids is 2. The molecule has 0 unspecified atom stereocenters. The topological polar surface area (TPSA) is 74.3 Å². The molecule has 1 heterocycles. The molecule has 3 rings (SSSR count). The molecule has 0 atom stereocenters. The maximum atomic E-state index is 12.5. The van der Waals surface area contributed by atoms with Crippen LogP contribution in [0.3, 0.4) is 0 Å². The summed E-state index contributed by atoms with van der Waals surface area (Å²) >= 11 is 0. The molecule has 3 aromatic rings. The number of nitrogens with zero attached hydrogens (tertiary/aromatic N) is 2. The van der Waals surface area contributed by atoms with Gasteiger partial charge in [-0.25, -0.2) is 0 Å². The van der Waals surface area contributed by atoms with Gasteiger partial charge in [-0.1, -0.05) is 24.3 Å². The van der Waals surface area contributed by atoms with E-state index in [1.807, 2.05) is 18.2 Å². The fourth-order valence-electron chi connectivity index (χ4n) is 3.12. The average molecular weight is 402 g/mol. The Morgan fingerprint density at radius 2 is 1.73 bits per heavy atom. The highest BCUT2D eigenvalue weighted by atomic mass is 16.2. The lowest BCUT2D eigenvalue weighted by molar-refractivity contribution is 0.0952. The number of para-hydroxylation sites is 1. The number of rotatable bonds is 9. The molecular weight excluding hydrogens is 376 g/mol. The number of anilines is 2. The van der Waals surface area contributed by atoms with Gasteiger partial charge in [-0.3, -0.25) is 14.6 Å². The zero-order valence-corrected chi connectivity index (χ0v) is 17.0. The van der Waals surface area contributed by atoms with Gasteiger partial charge in [0.25, 0.3) is 11.8 Å². The molecule has 6 heteroatoms. The summed E-state index contributed by atoms with van der Waals surface area (Å²) in [6.45, 7) is 4.48. The van der Waals surface area contributed by atoms with Crippen LogP contribution in [0.15, 0.2) is 79.1 Å². The first-order valence-electron chi connectivity index (χ1n) is 10.1. The Hall–Kier alpha value is -3.67. The van der Waals surface area contributed by atoms with E-state index in [0.29, 0.717) is 23.4 Å². The van der Waals surface area contributed by atoms with Crippen LogP contribution in [0.1, 0.15) is 34.1 Å². The van der Waals surface area contributed by atoms with Crippen LogP contribution in [-0.2, 0) is 0 Å². The van der Waals surface area contributed by atoms with E-state index in [2.05, 4.69) is 39.6 Å². The van der Waals surface area contributed by atoms with Crippen LogP contribution in [0.5, 0.6) is 0 Å². The number of hydrogen-bond donors (Lipinski definition) is 2. The Balaban J connectivity index is 1.50. The van der Waals surface area contributed by atoms with Crippen molar-refractivity contribution < 1.29 is 9.59 Å². The second-order valence-corrected chi connectivity index (χ2v) is 6.80. The normalized spacial score (nSPS) is 10.3. The van der Waals surface area contributed by atoms with Gasteiger partial charge in [0.2, 0.25) is 0 Å². The van der Waals surface area contributed by atoms with E-state index in [4.69, 9.17) is 0 Å². The van der Waals surface area contributed by atoms with Crippen LogP contribution >= 0.6 is 0 Å². The fourth-order valence-corrected chi connectivity index (χ4v) is 3.12. The molecule has 2 aromatic carbocycles. The van der Waals surface area contributed by atoms with Gasteiger partial charge in [0.1, 0.15) is 0 Å². The summed E-state index contributed by atoms with van der Waals surface area (Å²) in [5.74, 6) is -0.420. The molecule has 0 fully saturated rings. The summed E-state index contributed by atoms with van der Waals surface area (Å²) in [4.78, 5) is 31.0. The van der Waals surface area contributed by atoms with Gasteiger partial charge in [0, 0.05) is 49.0 Å². The number of benzene rings is 2. The van der Waals surface area contributed by atoms with E-state index in [-0.39, 0.29) is 11.8 Å². The van der Waals surface area contributed by atoms with E-state index < -0.39 is 0 Å². The van der Waals surface area contributed by atoms with Crippen molar-refractivity contribution in [3.05, 3.63) is 90.3 Å². The number of aromatic nitrogens is 1. The molecule has 0 aliphatic carbocycles. The standard InChI is InChI=1S/C24H26N4O2/c1-2-28(22-12-4-3-5-13-22)16-8-15-26-23(29)19-9-6-11-21(17-19)27-24(30)20-10-7-14-25-18-20/h3-7,9-14,17-18H,2,8,15-16H2,1H3,(H,26,29)(H,27,30). The molecule has 2 amide bonds. The van der Waals surface area contributed by atoms with Gasteiger partial charge in [-0.2, -0.15) is 0 Å². The van der Waals surface area contributed by atoms with Crippen LogP contribution in [0, 0.1) is 0 Å². The van der Waals surface area contributed by atoms with Gasteiger partial charge >= 0.3 is 0 Å². The third kappa shape index (κ3) is 5.91. The molecule has 6 nitrogen and oxygen atoms in total. The molecule has 0 spiro atoms. The minimum absolute atomic E-state index is 0.157. The van der Waals surface area contributed by atoms with Gasteiger partial charge < -0.3 is 15.5 Å². The Bertz CT molecular complexity index is 961. The second-order valence-electron chi connectivity index (χ2n) is 6.80. The quantitative estimate of drug-likeness (QED) is 0.531. The average Bonchev–Trinajstić information content (AvgIpc) is 2.80. The Morgan fingerprint density at radius 1 is 0.933 bits per heavy atom. The van der Waals surface area contributed by atoms with Crippen molar-refractivity contribution in [2.45, 2.75) is 13.3 Å². The van der Waals surface area contributed by atoms with Crippen molar-refractivity contribution >= 4 is 23.2 Å². The number of amides is 2. The monoisotopic (exact) mass is 402 g/mol. The first kappa shape index (κ1) is 21.0. The predicted molar refractivity (Wildman–Crippen MR) is 120 cm³/mol. The minimum atomic E-state index is -0.263. The largest absolute Gasteiger partial charge is 0.372 e. The molecule has 154 valence electrons. The second kappa shape index (κ2) is 10.8. The molecule has 0 saturated heterocycles. The summed E-state index contributed by atoms with van der Waals surface area (Å²) in [5.41, 5.74) is 2.72. The molecule has 1 aromatic heterocycles. The number of pyridine rings is 1. The zero-order valence-electron chi connectivity index (χ0n) is 17.0. The third-order valence-corrected chi connectivity index (χ3v) is 4.70. The molecule has 0 radical (unpaired) electrons. The molecule has 0 aliphatic heterocycles. The van der Waals surface area contributed by atoms with Crippen LogP contribution < -0.4 is 15.5 Å². The van der Waals surface area contributed by atoms with Gasteiger partial charge in [0.05, 0.1) is 5.56 Å². The Labute approximate surface area is 177 Å². The highest BCUT2D eigenvalue weighted by molar-refractivity contribution is 6.04. The van der Waals surface area contributed by atoms with Crippen molar-refractivity contribution in [2.75, 3.05) is 29.9 Å². The van der Waals surface area contributed by atoms with Crippen molar-refractivity contribution in [1.82, 2.24) is 10.3 Å². The molecule has 0 bridgehead atoms. The summed E-state index contributed by atoms with van der Waals surface area (Å²) < 4.78 is 0. The van der Waals surface area contributed by atoms with Gasteiger partial charge in [-0.15, -0.1) is 0 Å². The molecule has 0 saturated carbocycles. The van der Waals surface area contributed by atoms with Gasteiger partial charge in [0.15, 0.2) is 0 Å². The number of nitrogens with one attached hydrogen (secondary N) is 2. The van der Waals surface area contributed by atoms with Gasteiger partial charge in [-0.05, 0) is 55.8 Å². The van der Waals surface area contributed by atoms with Crippen LogP contribution in [0.4, 0.5) is 11.4 Å². The molecule has 2 N–H and O–H groups in total. The first-order valence-corrected chi connectivity index (χ1v) is 10.1.